The molecular formula is C13H15Cl2FN2O2. The van der Waals surface area contributed by atoms with Gasteiger partial charge in [0.2, 0.25) is 11.8 Å². The van der Waals surface area contributed by atoms with Crippen LogP contribution >= 0.6 is 23.2 Å². The Morgan fingerprint density at radius 2 is 1.95 bits per heavy atom. The summed E-state index contributed by atoms with van der Waals surface area (Å²) >= 11 is 11.9. The van der Waals surface area contributed by atoms with Crippen LogP contribution in [0.1, 0.15) is 13.8 Å². The highest BCUT2D eigenvalue weighted by atomic mass is 35.5. The fourth-order valence-electron chi connectivity index (χ4n) is 1.29. The van der Waals surface area contributed by atoms with E-state index in [-0.39, 0.29) is 21.6 Å². The Balaban J connectivity index is 3.18. The zero-order valence-corrected chi connectivity index (χ0v) is 12.9. The number of allylic oxidation sites excluding steroid dienone is 1. The molecule has 0 saturated heterocycles. The number of ether oxygens (including phenoxy) is 2. The van der Waals surface area contributed by atoms with Gasteiger partial charge in [-0.2, -0.15) is 9.37 Å². The van der Waals surface area contributed by atoms with E-state index in [1.165, 1.54) is 7.11 Å². The monoisotopic (exact) mass is 320 g/mol. The molecule has 1 rings (SSSR count). The normalized spacial score (nSPS) is 11.7. The molecule has 4 nitrogen and oxygen atoms in total. The third-order valence-corrected chi connectivity index (χ3v) is 3.05. The number of nitrogens with one attached hydrogen (secondary N) is 1. The number of hydrogen-bond acceptors (Lipinski definition) is 4. The summed E-state index contributed by atoms with van der Waals surface area (Å²) in [7, 11) is 1.45. The third-order valence-electron chi connectivity index (χ3n) is 2.35. The van der Waals surface area contributed by atoms with Crippen molar-refractivity contribution in [2.24, 2.45) is 0 Å². The van der Waals surface area contributed by atoms with Crippen molar-refractivity contribution < 1.29 is 13.9 Å². The van der Waals surface area contributed by atoms with Gasteiger partial charge < -0.3 is 14.8 Å². The summed E-state index contributed by atoms with van der Waals surface area (Å²) in [5.74, 6) is -0.652. The maximum absolute atomic E-state index is 13.7. The van der Waals surface area contributed by atoms with Crippen molar-refractivity contribution in [3.8, 4) is 5.88 Å². The Bertz CT molecular complexity index is 550. The molecule has 1 aromatic heterocycles. The molecule has 0 saturated carbocycles. The van der Waals surface area contributed by atoms with E-state index in [0.717, 1.165) is 0 Å². The van der Waals surface area contributed by atoms with Crippen LogP contribution in [0.4, 0.5) is 10.1 Å². The van der Waals surface area contributed by atoms with E-state index < -0.39 is 12.1 Å². The van der Waals surface area contributed by atoms with Crippen LogP contribution in [0.15, 0.2) is 24.6 Å². The van der Waals surface area contributed by atoms with E-state index in [0.29, 0.717) is 11.5 Å². The number of halogens is 3. The predicted molar refractivity (Wildman–Crippen MR) is 78.9 cm³/mol. The summed E-state index contributed by atoms with van der Waals surface area (Å²) in [6, 6.07) is 0. The minimum atomic E-state index is -0.898. The second-order valence-electron chi connectivity index (χ2n) is 4.05. The van der Waals surface area contributed by atoms with Gasteiger partial charge in [0.25, 0.3) is 0 Å². The van der Waals surface area contributed by atoms with Crippen LogP contribution in [0, 0.1) is 5.95 Å². The Kier molecular flexibility index (Phi) is 5.65. The fourth-order valence-corrected chi connectivity index (χ4v) is 1.75. The zero-order chi connectivity index (χ0) is 15.4. The number of aromatic nitrogens is 1. The molecule has 0 aromatic carbocycles. The molecule has 1 N–H and O–H groups in total. The van der Waals surface area contributed by atoms with Gasteiger partial charge in [-0.3, -0.25) is 0 Å². The number of hydrogen-bond donors (Lipinski definition) is 1. The standard InChI is InChI=1S/C13H15Cl2FN2O2/c1-6(2)17-11-9(14)12(16)18-13(10(11)15)20-8(4)7(3)19-5/h8H,1,3H2,2,4-5H3,(H,17,18)/t8-/m1/s1. The average molecular weight is 321 g/mol. The molecule has 20 heavy (non-hydrogen) atoms. The predicted octanol–water partition coefficient (Wildman–Crippen LogP) is 4.40. The second kappa shape index (κ2) is 6.81. The summed E-state index contributed by atoms with van der Waals surface area (Å²) in [6.45, 7) is 10.6. The van der Waals surface area contributed by atoms with Gasteiger partial charge >= 0.3 is 0 Å². The van der Waals surface area contributed by atoms with Crippen LogP contribution in [-0.4, -0.2) is 18.2 Å². The number of rotatable bonds is 6. The minimum absolute atomic E-state index is 0.0511. The van der Waals surface area contributed by atoms with Crippen molar-refractivity contribution in [2.75, 3.05) is 12.4 Å². The maximum atomic E-state index is 13.7. The Hall–Kier alpha value is -1.46. The van der Waals surface area contributed by atoms with Crippen molar-refractivity contribution in [3.05, 3.63) is 40.6 Å². The van der Waals surface area contributed by atoms with Crippen LogP contribution in [0.5, 0.6) is 5.88 Å². The molecule has 0 bridgehead atoms. The minimum Gasteiger partial charge on any atom is -0.498 e. The molecule has 1 heterocycles. The molecule has 1 atom stereocenters. The SMILES string of the molecule is C=C(C)Nc1c(Cl)c(F)nc(O[C@H](C)C(=C)OC)c1Cl. The molecule has 0 radical (unpaired) electrons. The van der Waals surface area contributed by atoms with Crippen molar-refractivity contribution in [1.29, 1.82) is 0 Å². The van der Waals surface area contributed by atoms with Crippen LogP contribution in [0.3, 0.4) is 0 Å². The molecule has 0 spiro atoms. The van der Waals surface area contributed by atoms with Crippen LogP contribution < -0.4 is 10.1 Å². The van der Waals surface area contributed by atoms with Crippen LogP contribution in [-0.2, 0) is 4.74 Å². The van der Waals surface area contributed by atoms with Crippen molar-refractivity contribution in [1.82, 2.24) is 4.98 Å². The third kappa shape index (κ3) is 3.77. The van der Waals surface area contributed by atoms with Gasteiger partial charge in [-0.25, -0.2) is 0 Å². The Labute approximate surface area is 127 Å². The smallest absolute Gasteiger partial charge is 0.238 e. The van der Waals surface area contributed by atoms with E-state index in [1.54, 1.807) is 13.8 Å². The molecule has 7 heteroatoms. The number of methoxy groups -OCH3 is 1. The first kappa shape index (κ1) is 16.6. The number of anilines is 1. The summed E-state index contributed by atoms with van der Waals surface area (Å²) in [6.07, 6.45) is -0.553. The molecule has 1 aromatic rings. The molecule has 0 aliphatic heterocycles. The molecule has 0 aliphatic carbocycles. The highest BCUT2D eigenvalue weighted by molar-refractivity contribution is 6.39. The lowest BCUT2D eigenvalue weighted by Crippen LogP contribution is -2.17. The van der Waals surface area contributed by atoms with E-state index >= 15 is 0 Å². The number of pyridine rings is 1. The largest absolute Gasteiger partial charge is 0.498 e. The number of nitrogens with zero attached hydrogens (tertiary/aromatic N) is 1. The topological polar surface area (TPSA) is 43.4 Å². The van der Waals surface area contributed by atoms with Gasteiger partial charge in [0.15, 0.2) is 6.10 Å². The van der Waals surface area contributed by atoms with Gasteiger partial charge in [0.05, 0.1) is 12.8 Å². The first-order valence-corrected chi connectivity index (χ1v) is 6.40. The van der Waals surface area contributed by atoms with Gasteiger partial charge in [-0.05, 0) is 13.8 Å². The molecule has 0 unspecified atom stereocenters. The van der Waals surface area contributed by atoms with Crippen LogP contribution in [0.2, 0.25) is 10.0 Å². The highest BCUT2D eigenvalue weighted by Crippen LogP contribution is 2.38. The summed E-state index contributed by atoms with van der Waals surface area (Å²) in [5.41, 5.74) is 0.693. The first-order chi connectivity index (χ1) is 9.27. The average Bonchev–Trinajstić information content (AvgIpc) is 2.39. The lowest BCUT2D eigenvalue weighted by atomic mass is 10.3. The van der Waals surface area contributed by atoms with Gasteiger partial charge in [-0.1, -0.05) is 36.4 Å². The lowest BCUT2D eigenvalue weighted by molar-refractivity contribution is 0.155. The Morgan fingerprint density at radius 1 is 1.35 bits per heavy atom. The van der Waals surface area contributed by atoms with E-state index in [9.17, 15) is 4.39 Å². The summed E-state index contributed by atoms with van der Waals surface area (Å²) < 4.78 is 24.1. The van der Waals surface area contributed by atoms with E-state index in [2.05, 4.69) is 23.5 Å². The Morgan fingerprint density at radius 3 is 2.45 bits per heavy atom. The van der Waals surface area contributed by atoms with Crippen molar-refractivity contribution in [3.63, 3.8) is 0 Å². The molecule has 0 aliphatic rings. The second-order valence-corrected chi connectivity index (χ2v) is 4.80. The van der Waals surface area contributed by atoms with E-state index in [4.69, 9.17) is 32.7 Å². The van der Waals surface area contributed by atoms with Crippen molar-refractivity contribution in [2.45, 2.75) is 20.0 Å². The summed E-state index contributed by atoms with van der Waals surface area (Å²) in [4.78, 5) is 3.58. The zero-order valence-electron chi connectivity index (χ0n) is 11.4. The molecule has 0 amide bonds. The molecular weight excluding hydrogens is 306 g/mol. The van der Waals surface area contributed by atoms with Gasteiger partial charge in [-0.15, -0.1) is 0 Å². The van der Waals surface area contributed by atoms with Gasteiger partial charge in [0.1, 0.15) is 15.8 Å². The first-order valence-electron chi connectivity index (χ1n) is 5.64. The van der Waals surface area contributed by atoms with Gasteiger partial charge in [0, 0.05) is 5.70 Å². The summed E-state index contributed by atoms with van der Waals surface area (Å²) in [5, 5.41) is 2.59. The van der Waals surface area contributed by atoms with Crippen LogP contribution in [0.25, 0.3) is 0 Å². The lowest BCUT2D eigenvalue weighted by Gasteiger charge is -2.18. The maximum Gasteiger partial charge on any atom is 0.238 e. The highest BCUT2D eigenvalue weighted by Gasteiger charge is 2.21. The molecule has 0 fully saturated rings. The van der Waals surface area contributed by atoms with Crippen molar-refractivity contribution >= 4 is 28.9 Å². The fraction of sp³-hybridized carbons (Fsp3) is 0.308. The van der Waals surface area contributed by atoms with E-state index in [1.807, 2.05) is 0 Å². The molecule has 110 valence electrons. The quantitative estimate of drug-likeness (QED) is 0.623.